The second-order valence-electron chi connectivity index (χ2n) is 4.54. The van der Waals surface area contributed by atoms with E-state index in [1.54, 1.807) is 18.2 Å². The van der Waals surface area contributed by atoms with Crippen LogP contribution in [0.15, 0.2) is 27.6 Å². The first-order valence-electron chi connectivity index (χ1n) is 5.42. The molecule has 0 heterocycles. The number of carboxylic acids is 1. The predicted octanol–water partition coefficient (Wildman–Crippen LogP) is 4.18. The number of nitrogens with zero attached hydrogens (tertiary/aromatic N) is 1. The molecule has 1 rings (SSSR count). The number of hydrogen-bond acceptors (Lipinski definition) is 3. The molecule has 0 saturated carbocycles. The highest BCUT2D eigenvalue weighted by Gasteiger charge is 2.17. The monoisotopic (exact) mass is 327 g/mol. The first-order chi connectivity index (χ1) is 8.35. The van der Waals surface area contributed by atoms with Gasteiger partial charge in [-0.2, -0.15) is 5.26 Å². The molecule has 0 aliphatic heterocycles. The molecule has 0 radical (unpaired) electrons. The van der Waals surface area contributed by atoms with Crippen LogP contribution in [-0.4, -0.2) is 16.8 Å². The average Bonchev–Trinajstić information content (AvgIpc) is 2.28. The molecule has 0 fully saturated rings. The van der Waals surface area contributed by atoms with Crippen molar-refractivity contribution in [2.24, 2.45) is 5.41 Å². The number of hydrogen-bond donors (Lipinski definition) is 1. The lowest BCUT2D eigenvalue weighted by Gasteiger charge is -2.14. The van der Waals surface area contributed by atoms with Crippen molar-refractivity contribution in [3.63, 3.8) is 0 Å². The van der Waals surface area contributed by atoms with E-state index in [0.29, 0.717) is 5.56 Å². The Labute approximate surface area is 119 Å². The van der Waals surface area contributed by atoms with Crippen molar-refractivity contribution in [3.05, 3.63) is 28.2 Å². The summed E-state index contributed by atoms with van der Waals surface area (Å²) in [7, 11) is 0. The molecule has 1 N–H and O–H groups in total. The minimum atomic E-state index is -0.926. The van der Waals surface area contributed by atoms with E-state index >= 15 is 0 Å². The zero-order valence-corrected chi connectivity index (χ0v) is 12.6. The van der Waals surface area contributed by atoms with Gasteiger partial charge in [0.2, 0.25) is 0 Å². The van der Waals surface area contributed by atoms with Crippen LogP contribution in [0, 0.1) is 16.7 Å². The first-order valence-corrected chi connectivity index (χ1v) is 7.20. The molecule has 0 unspecified atom stereocenters. The lowest BCUT2D eigenvalue weighted by Crippen LogP contribution is -2.09. The summed E-state index contributed by atoms with van der Waals surface area (Å²) < 4.78 is 0.856. The number of carboxylic acid groups (broad SMARTS) is 1. The van der Waals surface area contributed by atoms with Gasteiger partial charge in [0, 0.05) is 9.37 Å². The second-order valence-corrected chi connectivity index (χ2v) is 6.59. The van der Waals surface area contributed by atoms with Gasteiger partial charge >= 0.3 is 5.97 Å². The Bertz CT molecular complexity index is 494. The smallest absolute Gasteiger partial charge is 0.336 e. The zero-order valence-electron chi connectivity index (χ0n) is 10.2. The Morgan fingerprint density at radius 3 is 2.78 bits per heavy atom. The molecule has 0 spiro atoms. The molecule has 0 aliphatic carbocycles. The van der Waals surface area contributed by atoms with E-state index in [-0.39, 0.29) is 5.41 Å². The summed E-state index contributed by atoms with van der Waals surface area (Å²) in [5.41, 5.74) is -0.0689. The fourth-order valence-electron chi connectivity index (χ4n) is 1.26. The van der Waals surface area contributed by atoms with Gasteiger partial charge in [0.15, 0.2) is 0 Å². The number of carbonyl (C=O) groups is 1. The van der Waals surface area contributed by atoms with Gasteiger partial charge in [0.05, 0.1) is 17.0 Å². The normalized spacial score (nSPS) is 11.0. The van der Waals surface area contributed by atoms with Crippen LogP contribution >= 0.6 is 27.7 Å². The van der Waals surface area contributed by atoms with E-state index in [9.17, 15) is 4.79 Å². The Hall–Kier alpha value is -0.990. The molecular formula is C13H14BrNO2S. The van der Waals surface area contributed by atoms with Crippen LogP contribution in [0.5, 0.6) is 0 Å². The van der Waals surface area contributed by atoms with Crippen molar-refractivity contribution in [2.75, 3.05) is 5.75 Å². The third-order valence-corrected chi connectivity index (χ3v) is 4.01. The Kier molecular flexibility index (Phi) is 5.24. The van der Waals surface area contributed by atoms with Gasteiger partial charge in [0.25, 0.3) is 0 Å². The molecule has 5 heteroatoms. The van der Waals surface area contributed by atoms with Gasteiger partial charge in [-0.3, -0.25) is 0 Å². The highest BCUT2D eigenvalue weighted by molar-refractivity contribution is 9.10. The molecule has 0 aromatic heterocycles. The second kappa shape index (κ2) is 6.26. The average molecular weight is 328 g/mol. The van der Waals surface area contributed by atoms with Gasteiger partial charge in [-0.1, -0.05) is 15.9 Å². The minimum Gasteiger partial charge on any atom is -0.478 e. The summed E-state index contributed by atoms with van der Waals surface area (Å²) >= 11 is 4.80. The summed E-state index contributed by atoms with van der Waals surface area (Å²) in [5.74, 6) is -0.207. The Balaban J connectivity index is 2.76. The summed E-state index contributed by atoms with van der Waals surface area (Å²) in [6.07, 6.45) is 0.722. The number of nitriles is 1. The summed E-state index contributed by atoms with van der Waals surface area (Å²) in [5, 5.41) is 18.0. The number of benzene rings is 1. The molecule has 0 amide bonds. The molecule has 3 nitrogen and oxygen atoms in total. The van der Waals surface area contributed by atoms with Crippen LogP contribution in [0.2, 0.25) is 0 Å². The molecule has 0 bridgehead atoms. The third-order valence-electron chi connectivity index (χ3n) is 2.46. The molecule has 18 heavy (non-hydrogen) atoms. The van der Waals surface area contributed by atoms with E-state index in [0.717, 1.165) is 21.5 Å². The maximum Gasteiger partial charge on any atom is 0.336 e. The van der Waals surface area contributed by atoms with Crippen molar-refractivity contribution in [3.8, 4) is 6.07 Å². The van der Waals surface area contributed by atoms with Crippen LogP contribution < -0.4 is 0 Å². The molecule has 0 aliphatic rings. The van der Waals surface area contributed by atoms with Crippen LogP contribution in [0.4, 0.5) is 0 Å². The van der Waals surface area contributed by atoms with E-state index in [4.69, 9.17) is 10.4 Å². The molecule has 1 aromatic carbocycles. The lowest BCUT2D eigenvalue weighted by molar-refractivity contribution is 0.0693. The van der Waals surface area contributed by atoms with Crippen molar-refractivity contribution in [2.45, 2.75) is 25.2 Å². The highest BCUT2D eigenvalue weighted by atomic mass is 79.9. The largest absolute Gasteiger partial charge is 0.478 e. The predicted molar refractivity (Wildman–Crippen MR) is 75.8 cm³/mol. The molecule has 0 saturated heterocycles. The van der Waals surface area contributed by atoms with E-state index in [1.807, 2.05) is 13.8 Å². The van der Waals surface area contributed by atoms with E-state index < -0.39 is 5.97 Å². The van der Waals surface area contributed by atoms with Crippen molar-refractivity contribution in [1.29, 1.82) is 5.26 Å². The quantitative estimate of drug-likeness (QED) is 0.824. The topological polar surface area (TPSA) is 61.1 Å². The van der Waals surface area contributed by atoms with E-state index in [2.05, 4.69) is 22.0 Å². The molecule has 96 valence electrons. The van der Waals surface area contributed by atoms with Crippen molar-refractivity contribution >= 4 is 33.7 Å². The third kappa shape index (κ3) is 4.35. The van der Waals surface area contributed by atoms with Crippen molar-refractivity contribution < 1.29 is 9.90 Å². The maximum atomic E-state index is 11.1. The zero-order chi connectivity index (χ0) is 13.8. The number of aromatic carboxylic acids is 1. The van der Waals surface area contributed by atoms with Gasteiger partial charge in [-0.25, -0.2) is 4.79 Å². The fourth-order valence-corrected chi connectivity index (χ4v) is 3.13. The standard InChI is InChI=1S/C13H14BrNO2S/c1-13(2,8-15)5-6-18-11-7-9(14)3-4-10(11)12(16)17/h3-4,7H,5-6H2,1-2H3,(H,16,17). The van der Waals surface area contributed by atoms with Gasteiger partial charge in [0.1, 0.15) is 0 Å². The number of halogens is 1. The van der Waals surface area contributed by atoms with Gasteiger partial charge < -0.3 is 5.11 Å². The first kappa shape index (κ1) is 15.1. The minimum absolute atomic E-state index is 0.304. The molecular weight excluding hydrogens is 314 g/mol. The van der Waals surface area contributed by atoms with Crippen LogP contribution in [0.1, 0.15) is 30.6 Å². The van der Waals surface area contributed by atoms with E-state index in [1.165, 1.54) is 11.8 Å². The maximum absolute atomic E-state index is 11.1. The van der Waals surface area contributed by atoms with Crippen LogP contribution in [0.25, 0.3) is 0 Å². The Morgan fingerprint density at radius 1 is 1.56 bits per heavy atom. The summed E-state index contributed by atoms with van der Waals surface area (Å²) in [4.78, 5) is 11.8. The number of rotatable bonds is 5. The lowest BCUT2D eigenvalue weighted by atomic mass is 9.93. The van der Waals surface area contributed by atoms with Crippen LogP contribution in [0.3, 0.4) is 0 Å². The van der Waals surface area contributed by atoms with Gasteiger partial charge in [-0.15, -0.1) is 11.8 Å². The summed E-state index contributed by atoms with van der Waals surface area (Å²) in [6.45, 7) is 3.76. The Morgan fingerprint density at radius 2 is 2.22 bits per heavy atom. The van der Waals surface area contributed by atoms with Crippen LogP contribution in [-0.2, 0) is 0 Å². The van der Waals surface area contributed by atoms with Crippen molar-refractivity contribution in [1.82, 2.24) is 0 Å². The highest BCUT2D eigenvalue weighted by Crippen LogP contribution is 2.30. The fraction of sp³-hybridized carbons (Fsp3) is 0.385. The van der Waals surface area contributed by atoms with Gasteiger partial charge in [-0.05, 0) is 44.2 Å². The number of thioether (sulfide) groups is 1. The molecule has 0 atom stereocenters. The molecule has 1 aromatic rings. The summed E-state index contributed by atoms with van der Waals surface area (Å²) in [6, 6.07) is 7.34. The SMILES string of the molecule is CC(C)(C#N)CCSc1cc(Br)ccc1C(=O)O.